The van der Waals surface area contributed by atoms with E-state index in [0.717, 1.165) is 66.2 Å². The molecule has 0 bridgehead atoms. The molecule has 9 rings (SSSR count). The summed E-state index contributed by atoms with van der Waals surface area (Å²) in [5.74, 6) is -0.341. The van der Waals surface area contributed by atoms with E-state index in [1.165, 1.54) is 11.6 Å². The third-order valence-corrected chi connectivity index (χ3v) is 10.0. The second-order valence-corrected chi connectivity index (χ2v) is 14.5. The Bertz CT molecular complexity index is 2790. The normalized spacial score (nSPS) is 11.5. The SMILES string of the molecule is [CH2-]c1ccc2c(oc3c(-n4c5ccccc5c5ccccc54)c(F)ccc32)c1-c1cccc[n+]1[CH2-].[CH2-]c1ccccc1-c1ccc(C(C)(C)C)c[n+]1[CH2-].[Ir]. The molecule has 0 saturated heterocycles. The molecule has 1 radical (unpaired) electrons. The van der Waals surface area contributed by atoms with Crippen LogP contribution in [0.15, 0.2) is 144 Å². The van der Waals surface area contributed by atoms with E-state index in [-0.39, 0.29) is 31.3 Å². The van der Waals surface area contributed by atoms with Gasteiger partial charge in [0.05, 0.1) is 40.4 Å². The second-order valence-electron chi connectivity index (χ2n) is 14.5. The van der Waals surface area contributed by atoms with Crippen molar-refractivity contribution in [1.29, 1.82) is 0 Å². The zero-order valence-corrected chi connectivity index (χ0v) is 33.0. The van der Waals surface area contributed by atoms with E-state index in [9.17, 15) is 0 Å². The van der Waals surface area contributed by atoms with Crippen molar-refractivity contribution in [2.24, 2.45) is 0 Å². The average Bonchev–Trinajstić information content (AvgIpc) is 3.68. The molecule has 4 nitrogen and oxygen atoms in total. The number of aromatic nitrogens is 3. The van der Waals surface area contributed by atoms with E-state index in [2.05, 4.69) is 85.2 Å². The average molecular weight is 886 g/mol. The number of nitrogens with zero attached hydrogens (tertiary/aromatic N) is 3. The van der Waals surface area contributed by atoms with Crippen LogP contribution in [0.1, 0.15) is 37.5 Å². The molecule has 0 fully saturated rings. The molecule has 0 amide bonds. The van der Waals surface area contributed by atoms with E-state index in [1.54, 1.807) is 10.6 Å². The Hall–Kier alpha value is -5.94. The summed E-state index contributed by atoms with van der Waals surface area (Å²) in [6, 6.07) is 41.7. The Balaban J connectivity index is 0.000000201. The largest absolute Gasteiger partial charge is 0.467 e. The molecule has 0 aliphatic carbocycles. The molecule has 0 aliphatic rings. The van der Waals surface area contributed by atoms with Gasteiger partial charge in [-0.15, -0.1) is 23.8 Å². The van der Waals surface area contributed by atoms with Gasteiger partial charge in [-0.2, -0.15) is 37.1 Å². The maximum absolute atomic E-state index is 15.7. The fourth-order valence-electron chi connectivity index (χ4n) is 7.27. The number of benzene rings is 5. The van der Waals surface area contributed by atoms with Gasteiger partial charge in [0.2, 0.25) is 0 Å². The van der Waals surface area contributed by atoms with Gasteiger partial charge in [0, 0.05) is 55.7 Å². The Labute approximate surface area is 329 Å². The van der Waals surface area contributed by atoms with Crippen molar-refractivity contribution in [3.05, 3.63) is 190 Å². The molecule has 0 unspecified atom stereocenters. The van der Waals surface area contributed by atoms with Crippen molar-refractivity contribution in [3.8, 4) is 28.2 Å². The van der Waals surface area contributed by atoms with Crippen molar-refractivity contribution < 1.29 is 38.0 Å². The van der Waals surface area contributed by atoms with Crippen LogP contribution in [0.4, 0.5) is 4.39 Å². The van der Waals surface area contributed by atoms with Gasteiger partial charge in [-0.3, -0.25) is 0 Å². The van der Waals surface area contributed by atoms with Gasteiger partial charge in [-0.05, 0) is 35.2 Å². The maximum atomic E-state index is 15.7. The zero-order chi connectivity index (χ0) is 37.0. The van der Waals surface area contributed by atoms with Crippen LogP contribution in [0.3, 0.4) is 0 Å². The van der Waals surface area contributed by atoms with Gasteiger partial charge in [-0.1, -0.05) is 99.1 Å². The van der Waals surface area contributed by atoms with Crippen molar-refractivity contribution in [3.63, 3.8) is 0 Å². The molecule has 0 atom stereocenters. The van der Waals surface area contributed by atoms with Gasteiger partial charge in [0.15, 0.2) is 11.4 Å². The van der Waals surface area contributed by atoms with E-state index in [1.807, 2.05) is 100 Å². The van der Waals surface area contributed by atoms with E-state index in [0.29, 0.717) is 16.9 Å². The third-order valence-electron chi connectivity index (χ3n) is 10.0. The minimum atomic E-state index is -0.341. The fraction of sp³-hybridized carbons (Fsp3) is 0.0833. The van der Waals surface area contributed by atoms with Crippen LogP contribution in [-0.2, 0) is 25.5 Å². The van der Waals surface area contributed by atoms with E-state index < -0.39 is 0 Å². The van der Waals surface area contributed by atoms with Gasteiger partial charge >= 0.3 is 0 Å². The summed E-state index contributed by atoms with van der Waals surface area (Å²) in [7, 11) is 8.22. The van der Waals surface area contributed by atoms with Gasteiger partial charge in [0.25, 0.3) is 0 Å². The number of hydrogen-bond acceptors (Lipinski definition) is 1. The summed E-state index contributed by atoms with van der Waals surface area (Å²) in [6.45, 7) is 14.9. The molecule has 4 heterocycles. The number of para-hydroxylation sites is 2. The number of hydrogen-bond donors (Lipinski definition) is 0. The molecule has 271 valence electrons. The molecule has 0 aliphatic heterocycles. The first-order valence-electron chi connectivity index (χ1n) is 17.6. The minimum absolute atomic E-state index is 0. The number of furan rings is 1. The summed E-state index contributed by atoms with van der Waals surface area (Å²) < 4.78 is 28.0. The van der Waals surface area contributed by atoms with Crippen molar-refractivity contribution in [2.75, 3.05) is 0 Å². The van der Waals surface area contributed by atoms with Crippen LogP contribution in [0.2, 0.25) is 0 Å². The van der Waals surface area contributed by atoms with E-state index >= 15 is 4.39 Å². The van der Waals surface area contributed by atoms with Crippen LogP contribution in [0.5, 0.6) is 0 Å². The molecule has 0 spiro atoms. The van der Waals surface area contributed by atoms with Crippen molar-refractivity contribution in [1.82, 2.24) is 4.57 Å². The molecule has 6 heteroatoms. The van der Waals surface area contributed by atoms with Gasteiger partial charge in [0.1, 0.15) is 5.69 Å². The maximum Gasteiger partial charge on any atom is 0.160 e. The quantitative estimate of drug-likeness (QED) is 0.128. The monoisotopic (exact) mass is 886 g/mol. The molecule has 54 heavy (non-hydrogen) atoms. The summed E-state index contributed by atoms with van der Waals surface area (Å²) in [5.41, 5.74) is 10.7. The number of pyridine rings is 2. The number of halogens is 1. The predicted molar refractivity (Wildman–Crippen MR) is 215 cm³/mol. The first kappa shape index (κ1) is 36.4. The summed E-state index contributed by atoms with van der Waals surface area (Å²) in [6.07, 6.45) is 3.99. The van der Waals surface area contributed by atoms with Crippen LogP contribution < -0.4 is 9.13 Å². The first-order chi connectivity index (χ1) is 25.5. The first-order valence-corrected chi connectivity index (χ1v) is 17.6. The van der Waals surface area contributed by atoms with Crippen molar-refractivity contribution >= 4 is 43.7 Å². The molecular weight excluding hydrogens is 846 g/mol. The van der Waals surface area contributed by atoms with Crippen molar-refractivity contribution in [2.45, 2.75) is 26.2 Å². The molecule has 5 aromatic carbocycles. The van der Waals surface area contributed by atoms with Gasteiger partial charge < -0.3 is 18.1 Å². The minimum Gasteiger partial charge on any atom is -0.467 e. The summed E-state index contributed by atoms with van der Waals surface area (Å²) >= 11 is 0. The Morgan fingerprint density at radius 2 is 1.20 bits per heavy atom. The predicted octanol–water partition coefficient (Wildman–Crippen LogP) is 11.4. The fourth-order valence-corrected chi connectivity index (χ4v) is 7.27. The molecule has 9 aromatic rings. The Morgan fingerprint density at radius 3 is 1.85 bits per heavy atom. The van der Waals surface area contributed by atoms with Gasteiger partial charge in [-0.25, -0.2) is 4.39 Å². The Kier molecular flexibility index (Phi) is 9.53. The third kappa shape index (κ3) is 6.18. The molecular formula is C48H40FIrN3O-2. The van der Waals surface area contributed by atoms with Crippen LogP contribution >= 0.6 is 0 Å². The van der Waals surface area contributed by atoms with Crippen LogP contribution in [0, 0.1) is 33.8 Å². The van der Waals surface area contributed by atoms with Crippen LogP contribution in [-0.4, -0.2) is 4.57 Å². The topological polar surface area (TPSA) is 25.8 Å². The number of rotatable bonds is 3. The standard InChI is InChI=1S/C31H20FN2O.C17H20N.Ir/c1-19-14-15-22-23-16-17-24(32)29(31(23)35-30(22)28(19)27-13-7-8-18-33(27)2)34-25-11-5-3-9-20(25)21-10-4-6-12-26(21)34;1-13-8-6-7-9-15(13)16-11-10-14(12-18(16)5)17(2,3)4;/h3-18H,1-2H2;6-12H,1,5H2,2-4H3;/q2*-1;. The second kappa shape index (κ2) is 14.1. The van der Waals surface area contributed by atoms with E-state index in [4.69, 9.17) is 4.42 Å². The molecule has 0 N–H and O–H groups in total. The molecule has 4 aromatic heterocycles. The van der Waals surface area contributed by atoms with Crippen LogP contribution in [0.25, 0.3) is 71.9 Å². The molecule has 0 saturated carbocycles. The zero-order valence-electron chi connectivity index (χ0n) is 30.6. The number of fused-ring (bicyclic) bond motifs is 6. The Morgan fingerprint density at radius 1 is 0.593 bits per heavy atom. The summed E-state index contributed by atoms with van der Waals surface area (Å²) in [5, 5.41) is 3.90. The smallest absolute Gasteiger partial charge is 0.160 e. The summed E-state index contributed by atoms with van der Waals surface area (Å²) in [4.78, 5) is 0.